The van der Waals surface area contributed by atoms with Crippen LogP contribution in [0.3, 0.4) is 0 Å². The van der Waals surface area contributed by atoms with Crippen LogP contribution in [0.15, 0.2) is 42.5 Å². The summed E-state index contributed by atoms with van der Waals surface area (Å²) in [4.78, 5) is 22.6. The van der Waals surface area contributed by atoms with Crippen molar-refractivity contribution in [1.82, 2.24) is 0 Å². The molecular formula is C17H18N2O5. The number of carbonyl (C=O) groups is 1. The molecular weight excluding hydrogens is 312 g/mol. The van der Waals surface area contributed by atoms with Crippen molar-refractivity contribution in [1.29, 1.82) is 0 Å². The molecule has 2 aromatic carbocycles. The lowest BCUT2D eigenvalue weighted by molar-refractivity contribution is -0.384. The van der Waals surface area contributed by atoms with Crippen LogP contribution in [-0.2, 0) is 4.79 Å². The minimum absolute atomic E-state index is 0.0887. The molecule has 0 heterocycles. The number of rotatable bonds is 6. The van der Waals surface area contributed by atoms with Crippen LogP contribution >= 0.6 is 0 Å². The maximum atomic E-state index is 12.3. The number of para-hydroxylation sites is 2. The van der Waals surface area contributed by atoms with Crippen molar-refractivity contribution in [2.75, 3.05) is 12.4 Å². The number of nitro groups is 1. The number of non-ortho nitro benzene ring substituents is 1. The van der Waals surface area contributed by atoms with Crippen LogP contribution in [0.1, 0.15) is 12.5 Å². The summed E-state index contributed by atoms with van der Waals surface area (Å²) < 4.78 is 10.8. The molecule has 2 aromatic rings. The van der Waals surface area contributed by atoms with Gasteiger partial charge in [0.25, 0.3) is 11.6 Å². The van der Waals surface area contributed by atoms with E-state index in [1.807, 2.05) is 0 Å². The normalized spacial score (nSPS) is 11.5. The topological polar surface area (TPSA) is 90.7 Å². The first-order valence-electron chi connectivity index (χ1n) is 7.28. The van der Waals surface area contributed by atoms with Crippen LogP contribution in [0, 0.1) is 17.0 Å². The van der Waals surface area contributed by atoms with Crippen LogP contribution in [0.5, 0.6) is 11.5 Å². The van der Waals surface area contributed by atoms with E-state index in [4.69, 9.17) is 9.47 Å². The fourth-order valence-electron chi connectivity index (χ4n) is 2.05. The number of nitrogens with one attached hydrogen (secondary N) is 1. The van der Waals surface area contributed by atoms with Gasteiger partial charge in [-0.2, -0.15) is 0 Å². The molecule has 7 nitrogen and oxygen atoms in total. The summed E-state index contributed by atoms with van der Waals surface area (Å²) in [6.45, 7) is 3.35. The van der Waals surface area contributed by atoms with Gasteiger partial charge in [-0.25, -0.2) is 0 Å². The molecule has 126 valence electrons. The number of hydrogen-bond donors (Lipinski definition) is 1. The lowest BCUT2D eigenvalue weighted by atomic mass is 10.1. The number of aryl methyl sites for hydroxylation is 1. The van der Waals surface area contributed by atoms with E-state index in [0.29, 0.717) is 17.2 Å². The van der Waals surface area contributed by atoms with Crippen molar-refractivity contribution in [3.8, 4) is 11.5 Å². The summed E-state index contributed by atoms with van der Waals surface area (Å²) in [5.74, 6) is 0.548. The average molecular weight is 330 g/mol. The Bertz CT molecular complexity index is 760. The summed E-state index contributed by atoms with van der Waals surface area (Å²) in [5, 5.41) is 13.5. The fourth-order valence-corrected chi connectivity index (χ4v) is 2.05. The van der Waals surface area contributed by atoms with Crippen LogP contribution in [0.25, 0.3) is 0 Å². The number of nitrogens with zero attached hydrogens (tertiary/aromatic N) is 1. The van der Waals surface area contributed by atoms with Gasteiger partial charge in [-0.1, -0.05) is 18.2 Å². The van der Waals surface area contributed by atoms with Crippen molar-refractivity contribution >= 4 is 17.3 Å². The highest BCUT2D eigenvalue weighted by Crippen LogP contribution is 2.27. The molecule has 0 radical (unpaired) electrons. The Morgan fingerprint density at radius 1 is 1.21 bits per heavy atom. The molecule has 1 atom stereocenters. The van der Waals surface area contributed by atoms with Gasteiger partial charge in [-0.05, 0) is 31.5 Å². The summed E-state index contributed by atoms with van der Waals surface area (Å²) >= 11 is 0. The number of benzene rings is 2. The second-order valence-electron chi connectivity index (χ2n) is 5.16. The Morgan fingerprint density at radius 2 is 1.88 bits per heavy atom. The first kappa shape index (κ1) is 17.3. The smallest absolute Gasteiger partial charge is 0.271 e. The van der Waals surface area contributed by atoms with Crippen LogP contribution in [0.2, 0.25) is 0 Å². The van der Waals surface area contributed by atoms with Crippen LogP contribution in [-0.4, -0.2) is 24.0 Å². The van der Waals surface area contributed by atoms with Crippen molar-refractivity contribution < 1.29 is 19.2 Å². The maximum Gasteiger partial charge on any atom is 0.271 e. The Morgan fingerprint density at radius 3 is 2.50 bits per heavy atom. The zero-order valence-electron chi connectivity index (χ0n) is 13.6. The van der Waals surface area contributed by atoms with Crippen molar-refractivity contribution in [3.63, 3.8) is 0 Å². The fraction of sp³-hybridized carbons (Fsp3) is 0.235. The van der Waals surface area contributed by atoms with Crippen molar-refractivity contribution in [3.05, 3.63) is 58.1 Å². The van der Waals surface area contributed by atoms with E-state index >= 15 is 0 Å². The lowest BCUT2D eigenvalue weighted by Gasteiger charge is -2.17. The maximum absolute atomic E-state index is 12.3. The van der Waals surface area contributed by atoms with Gasteiger partial charge >= 0.3 is 0 Å². The molecule has 1 amide bonds. The SMILES string of the molecule is COc1ccccc1O[C@@H](C)C(=O)Nc1cc([N+](=O)[O-])ccc1C. The number of nitro benzene ring substituents is 1. The lowest BCUT2D eigenvalue weighted by Crippen LogP contribution is -2.30. The molecule has 0 bridgehead atoms. The molecule has 0 saturated carbocycles. The van der Waals surface area contributed by atoms with E-state index in [1.54, 1.807) is 44.2 Å². The van der Waals surface area contributed by atoms with Crippen LogP contribution < -0.4 is 14.8 Å². The number of ether oxygens (including phenoxy) is 2. The molecule has 0 fully saturated rings. The van der Waals surface area contributed by atoms with Crippen molar-refractivity contribution in [2.45, 2.75) is 20.0 Å². The highest BCUT2D eigenvalue weighted by atomic mass is 16.6. The minimum Gasteiger partial charge on any atom is -0.493 e. The number of anilines is 1. The van der Waals surface area contributed by atoms with E-state index in [0.717, 1.165) is 5.56 Å². The average Bonchev–Trinajstić information content (AvgIpc) is 2.57. The molecule has 7 heteroatoms. The number of amides is 1. The molecule has 0 aliphatic heterocycles. The predicted molar refractivity (Wildman–Crippen MR) is 89.5 cm³/mol. The number of methoxy groups -OCH3 is 1. The summed E-state index contributed by atoms with van der Waals surface area (Å²) in [7, 11) is 1.51. The Balaban J connectivity index is 2.12. The second kappa shape index (κ2) is 7.45. The van der Waals surface area contributed by atoms with Gasteiger partial charge in [0.1, 0.15) is 0 Å². The van der Waals surface area contributed by atoms with Gasteiger partial charge in [0.2, 0.25) is 0 Å². The zero-order valence-corrected chi connectivity index (χ0v) is 13.6. The highest BCUT2D eigenvalue weighted by molar-refractivity contribution is 5.95. The molecule has 0 aliphatic rings. The quantitative estimate of drug-likeness (QED) is 0.648. The number of hydrogen-bond acceptors (Lipinski definition) is 5. The molecule has 1 N–H and O–H groups in total. The molecule has 24 heavy (non-hydrogen) atoms. The summed E-state index contributed by atoms with van der Waals surface area (Å²) in [6.07, 6.45) is -0.806. The Labute approximate surface area is 139 Å². The summed E-state index contributed by atoms with van der Waals surface area (Å²) in [5.41, 5.74) is 1.01. The number of carbonyl (C=O) groups excluding carboxylic acids is 1. The largest absolute Gasteiger partial charge is 0.493 e. The van der Waals surface area contributed by atoms with Gasteiger partial charge < -0.3 is 14.8 Å². The van der Waals surface area contributed by atoms with E-state index in [-0.39, 0.29) is 5.69 Å². The molecule has 2 rings (SSSR count). The predicted octanol–water partition coefficient (Wildman–Crippen LogP) is 3.32. The summed E-state index contributed by atoms with van der Waals surface area (Å²) in [6, 6.07) is 11.3. The second-order valence-corrected chi connectivity index (χ2v) is 5.16. The van der Waals surface area contributed by atoms with Crippen molar-refractivity contribution in [2.24, 2.45) is 0 Å². The first-order chi connectivity index (χ1) is 11.4. The Kier molecular flexibility index (Phi) is 5.36. The van der Waals surface area contributed by atoms with Crippen LogP contribution in [0.4, 0.5) is 11.4 Å². The minimum atomic E-state index is -0.806. The molecule has 0 spiro atoms. The monoisotopic (exact) mass is 330 g/mol. The third kappa shape index (κ3) is 4.01. The van der Waals surface area contributed by atoms with E-state index in [9.17, 15) is 14.9 Å². The van der Waals surface area contributed by atoms with E-state index < -0.39 is 16.9 Å². The molecule has 0 unspecified atom stereocenters. The van der Waals surface area contributed by atoms with Gasteiger partial charge in [0.05, 0.1) is 17.7 Å². The molecule has 0 aromatic heterocycles. The Hall–Kier alpha value is -3.09. The van der Waals surface area contributed by atoms with Gasteiger partial charge in [-0.3, -0.25) is 14.9 Å². The van der Waals surface area contributed by atoms with Gasteiger partial charge in [-0.15, -0.1) is 0 Å². The third-order valence-electron chi connectivity index (χ3n) is 3.43. The first-order valence-corrected chi connectivity index (χ1v) is 7.28. The standard InChI is InChI=1S/C17H18N2O5/c1-11-8-9-13(19(21)22)10-14(11)18-17(20)12(2)24-16-7-5-4-6-15(16)23-3/h4-10,12H,1-3H3,(H,18,20)/t12-/m0/s1. The van der Waals surface area contributed by atoms with Gasteiger partial charge in [0, 0.05) is 12.1 Å². The zero-order chi connectivity index (χ0) is 17.7. The third-order valence-corrected chi connectivity index (χ3v) is 3.43. The van der Waals surface area contributed by atoms with E-state index in [1.165, 1.54) is 19.2 Å². The van der Waals surface area contributed by atoms with Gasteiger partial charge in [0.15, 0.2) is 17.6 Å². The highest BCUT2D eigenvalue weighted by Gasteiger charge is 2.18. The molecule has 0 saturated heterocycles. The molecule has 0 aliphatic carbocycles. The van der Waals surface area contributed by atoms with E-state index in [2.05, 4.69) is 5.32 Å².